The van der Waals surface area contributed by atoms with Crippen LogP contribution in [-0.2, 0) is 29.0 Å². The fraction of sp³-hybridized carbons (Fsp3) is 0.255. The van der Waals surface area contributed by atoms with Crippen molar-refractivity contribution in [3.8, 4) is 34.4 Å². The predicted octanol–water partition coefficient (Wildman–Crippen LogP) is 8.37. The van der Waals surface area contributed by atoms with Gasteiger partial charge >= 0.3 is 5.97 Å². The maximum Gasteiger partial charge on any atom is 0.326 e. The quantitative estimate of drug-likeness (QED) is 0.132. The third-order valence-electron chi connectivity index (χ3n) is 11.0. The smallest absolute Gasteiger partial charge is 0.326 e. The Hall–Kier alpha value is -6.55. The van der Waals surface area contributed by atoms with E-state index >= 15 is 0 Å². The van der Waals surface area contributed by atoms with E-state index in [0.717, 1.165) is 27.8 Å². The molecule has 1 aliphatic carbocycles. The second-order valence-electron chi connectivity index (χ2n) is 15.2. The molecule has 2 amide bonds. The van der Waals surface area contributed by atoms with Gasteiger partial charge in [0.2, 0.25) is 5.91 Å². The summed E-state index contributed by atoms with van der Waals surface area (Å²) in [7, 11) is 0. The zero-order valence-corrected chi connectivity index (χ0v) is 34.7. The van der Waals surface area contributed by atoms with E-state index in [2.05, 4.69) is 16.4 Å². The van der Waals surface area contributed by atoms with Crippen LogP contribution in [0.1, 0.15) is 62.5 Å². The fourth-order valence-corrected chi connectivity index (χ4v) is 8.11. The molecule has 0 radical (unpaired) electrons. The van der Waals surface area contributed by atoms with Crippen molar-refractivity contribution in [3.63, 3.8) is 0 Å². The second-order valence-corrected chi connectivity index (χ2v) is 16.1. The lowest BCUT2D eigenvalue weighted by atomic mass is 9.91. The number of nitrogens with one attached hydrogen (secondary N) is 1. The van der Waals surface area contributed by atoms with Gasteiger partial charge in [-0.25, -0.2) is 9.78 Å². The van der Waals surface area contributed by atoms with Gasteiger partial charge in [-0.05, 0) is 89.2 Å². The number of carboxylic acids is 1. The zero-order chi connectivity index (χ0) is 42.8. The van der Waals surface area contributed by atoms with Gasteiger partial charge in [-0.2, -0.15) is 5.26 Å². The van der Waals surface area contributed by atoms with E-state index in [0.29, 0.717) is 63.1 Å². The molecule has 14 heteroatoms. The molecule has 4 atom stereocenters. The Bertz CT molecular complexity index is 2600. The summed E-state index contributed by atoms with van der Waals surface area (Å²) in [5.41, 5.74) is 5.49. The first-order valence-electron chi connectivity index (χ1n) is 19.7. The van der Waals surface area contributed by atoms with Crippen molar-refractivity contribution < 1.29 is 38.1 Å². The predicted molar refractivity (Wildman–Crippen MR) is 226 cm³/mol. The number of nitrogens with zero attached hydrogens (tertiary/aromatic N) is 3. The molecule has 0 spiro atoms. The molecule has 2 N–H and O–H groups in total. The monoisotopic (exact) mass is 858 g/mol. The maximum absolute atomic E-state index is 14.2. The summed E-state index contributed by atoms with van der Waals surface area (Å²) in [6, 6.07) is 25.5. The van der Waals surface area contributed by atoms with E-state index in [9.17, 15) is 19.5 Å². The minimum atomic E-state index is -1.29. The number of halogens is 2. The molecule has 4 aromatic carbocycles. The summed E-state index contributed by atoms with van der Waals surface area (Å²) in [6.45, 7) is 3.97. The van der Waals surface area contributed by atoms with E-state index in [1.165, 1.54) is 4.90 Å². The van der Waals surface area contributed by atoms with Gasteiger partial charge in [-0.3, -0.25) is 9.59 Å². The number of aromatic nitrogens is 1. The second kappa shape index (κ2) is 17.6. The fourth-order valence-electron chi connectivity index (χ4n) is 7.70. The van der Waals surface area contributed by atoms with E-state index < -0.39 is 36.0 Å². The largest absolute Gasteiger partial charge is 0.493 e. The van der Waals surface area contributed by atoms with Crippen molar-refractivity contribution in [1.29, 1.82) is 5.26 Å². The molecule has 1 aromatic heterocycles. The molecule has 3 heterocycles. The average Bonchev–Trinajstić information content (AvgIpc) is 3.62. The number of aryl methyl sites for hydroxylation is 2. The van der Waals surface area contributed by atoms with Gasteiger partial charge in [0, 0.05) is 37.3 Å². The van der Waals surface area contributed by atoms with Gasteiger partial charge in [-0.1, -0.05) is 77.8 Å². The van der Waals surface area contributed by atoms with E-state index in [1.54, 1.807) is 44.2 Å². The van der Waals surface area contributed by atoms with Crippen LogP contribution in [0.15, 0.2) is 112 Å². The molecular weight excluding hydrogens is 819 g/mol. The topological polar surface area (TPSA) is 164 Å². The molecule has 61 heavy (non-hydrogen) atoms. The molecule has 5 aromatic rings. The third kappa shape index (κ3) is 9.14. The van der Waals surface area contributed by atoms with Gasteiger partial charge < -0.3 is 34.0 Å². The summed E-state index contributed by atoms with van der Waals surface area (Å²) in [6.07, 6.45) is 4.07. The molecule has 8 rings (SSSR count). The number of ether oxygens (including phenoxy) is 3. The Kier molecular flexibility index (Phi) is 11.9. The molecule has 310 valence electrons. The van der Waals surface area contributed by atoms with Crippen LogP contribution in [-0.4, -0.2) is 58.1 Å². The number of carbonyl (C=O) groups is 3. The highest BCUT2D eigenvalue weighted by Gasteiger charge is 2.39. The Balaban J connectivity index is 0.978. The Morgan fingerprint density at radius 2 is 1.67 bits per heavy atom. The minimum Gasteiger partial charge on any atom is -0.493 e. The molecule has 0 saturated heterocycles. The molecule has 12 nitrogen and oxygen atoms in total. The highest BCUT2D eigenvalue weighted by atomic mass is 35.5. The third-order valence-corrected chi connectivity index (χ3v) is 11.8. The summed E-state index contributed by atoms with van der Waals surface area (Å²) in [5.74, 6) is 0.0409. The lowest BCUT2D eigenvalue weighted by Crippen LogP contribution is -2.56. The van der Waals surface area contributed by atoms with Crippen LogP contribution in [0, 0.1) is 31.1 Å². The normalized spacial score (nSPS) is 18.5. The number of allylic oxidation sites excluding steroid dienone is 3. The lowest BCUT2D eigenvalue weighted by Gasteiger charge is -2.37. The number of nitriles is 1. The number of amides is 2. The van der Waals surface area contributed by atoms with Gasteiger partial charge in [0.15, 0.2) is 29.2 Å². The zero-order valence-electron chi connectivity index (χ0n) is 33.2. The molecule has 2 unspecified atom stereocenters. The van der Waals surface area contributed by atoms with Gasteiger partial charge in [0.05, 0.1) is 23.3 Å². The van der Waals surface area contributed by atoms with Crippen LogP contribution in [0.25, 0.3) is 11.1 Å². The highest BCUT2D eigenvalue weighted by Crippen LogP contribution is 2.41. The van der Waals surface area contributed by atoms with E-state index in [4.69, 9.17) is 47.1 Å². The van der Waals surface area contributed by atoms with E-state index in [1.807, 2.05) is 66.7 Å². The van der Waals surface area contributed by atoms with Crippen molar-refractivity contribution in [1.82, 2.24) is 15.2 Å². The van der Waals surface area contributed by atoms with Gasteiger partial charge in [0.1, 0.15) is 30.2 Å². The van der Waals surface area contributed by atoms with Crippen LogP contribution in [0.4, 0.5) is 0 Å². The first kappa shape index (κ1) is 41.2. The van der Waals surface area contributed by atoms with Crippen LogP contribution in [0.3, 0.4) is 0 Å². The van der Waals surface area contributed by atoms with Crippen LogP contribution >= 0.6 is 23.2 Å². The summed E-state index contributed by atoms with van der Waals surface area (Å²) in [4.78, 5) is 46.7. The standard InChI is InChI=1S/C47H40Cl2N4O8/c1-26-44(51-27(2)60-26)46(55)53-23-35-21-42-41(59-25-43(61-42)33-12-14-36(15-13-33)58-24-30-7-16-37(48)38(49)17-30)20-34(35)19-40(53)45(54)52-39(47(56)57)18-28-3-8-31(9-4-28)32-10-5-29(22-50)6-11-32/h3-16,20-21,30,39-40,43H,17-19,23-25H2,1-2H3,(H,52,54)(H,56,57)/t30?,39-,40-,43?/m0/s1. The number of hydrogen-bond acceptors (Lipinski definition) is 9. The van der Waals surface area contributed by atoms with Crippen molar-refractivity contribution >= 4 is 41.0 Å². The molecule has 0 saturated carbocycles. The highest BCUT2D eigenvalue weighted by molar-refractivity contribution is 6.40. The summed E-state index contributed by atoms with van der Waals surface area (Å²) >= 11 is 12.3. The number of fused-ring (bicyclic) bond motifs is 2. The number of carboxylic acid groups (broad SMARTS) is 1. The molecule has 0 fully saturated rings. The average molecular weight is 860 g/mol. The number of oxazole rings is 1. The van der Waals surface area contributed by atoms with Gasteiger partial charge in [-0.15, -0.1) is 0 Å². The molecule has 2 aliphatic heterocycles. The molecule has 0 bridgehead atoms. The van der Waals surface area contributed by atoms with E-state index in [-0.39, 0.29) is 37.6 Å². The first-order chi connectivity index (χ1) is 29.4. The minimum absolute atomic E-state index is 0.00406. The van der Waals surface area contributed by atoms with Crippen molar-refractivity contribution in [2.24, 2.45) is 5.92 Å². The van der Waals surface area contributed by atoms with Crippen molar-refractivity contribution in [2.75, 3.05) is 13.2 Å². The summed E-state index contributed by atoms with van der Waals surface area (Å²) in [5, 5.41) is 23.3. The maximum atomic E-state index is 14.2. The van der Waals surface area contributed by atoms with Gasteiger partial charge in [0.25, 0.3) is 5.91 Å². The lowest BCUT2D eigenvalue weighted by molar-refractivity contribution is -0.142. The summed E-state index contributed by atoms with van der Waals surface area (Å²) < 4.78 is 24.3. The number of aliphatic carboxylic acids is 1. The Morgan fingerprint density at radius 1 is 0.967 bits per heavy atom. The Morgan fingerprint density at radius 3 is 2.33 bits per heavy atom. The Labute approximate surface area is 362 Å². The van der Waals surface area contributed by atoms with Crippen molar-refractivity contribution in [2.45, 2.75) is 57.8 Å². The number of rotatable bonds is 11. The number of carbonyl (C=O) groups excluding carboxylic acids is 2. The number of hydrogen-bond donors (Lipinski definition) is 2. The van der Waals surface area contributed by atoms with Crippen LogP contribution in [0.5, 0.6) is 17.2 Å². The van der Waals surface area contributed by atoms with Crippen LogP contribution in [0.2, 0.25) is 0 Å². The molecular formula is C47H40Cl2N4O8. The van der Waals surface area contributed by atoms with Crippen LogP contribution < -0.4 is 19.5 Å². The number of benzene rings is 4. The SMILES string of the molecule is Cc1nc(C(=O)N2Cc3cc4c(cc3C[C@H]2C(=O)N[C@@H](Cc2ccc(-c3ccc(C#N)cc3)cc2)C(=O)O)OCC(c2ccc(OCC3C=CC(Cl)=C(Cl)C3)cc2)O4)c(C)o1. The first-order valence-corrected chi connectivity index (χ1v) is 20.5. The van der Waals surface area contributed by atoms with Crippen molar-refractivity contribution in [3.05, 3.63) is 152 Å². The molecule has 3 aliphatic rings.